The summed E-state index contributed by atoms with van der Waals surface area (Å²) in [6, 6.07) is 6.70. The molecule has 2 fully saturated rings. The van der Waals surface area contributed by atoms with E-state index in [-0.39, 0.29) is 29.8 Å². The van der Waals surface area contributed by atoms with Gasteiger partial charge in [0.15, 0.2) is 9.84 Å². The molecule has 2 heterocycles. The molecule has 0 aliphatic carbocycles. The second kappa shape index (κ2) is 6.92. The summed E-state index contributed by atoms with van der Waals surface area (Å²) >= 11 is 0. The van der Waals surface area contributed by atoms with E-state index in [1.165, 1.54) is 6.07 Å². The van der Waals surface area contributed by atoms with Crippen LogP contribution in [0.25, 0.3) is 0 Å². The zero-order chi connectivity index (χ0) is 18.1. The summed E-state index contributed by atoms with van der Waals surface area (Å²) in [5.74, 6) is -0.249. The van der Waals surface area contributed by atoms with Crippen molar-refractivity contribution in [2.75, 3.05) is 49.1 Å². The van der Waals surface area contributed by atoms with Crippen LogP contribution < -0.4 is 10.2 Å². The van der Waals surface area contributed by atoms with Crippen molar-refractivity contribution in [3.05, 3.63) is 30.1 Å². The molecule has 138 valence electrons. The molecule has 2 aliphatic heterocycles. The highest BCUT2D eigenvalue weighted by Gasteiger charge is 2.39. The lowest BCUT2D eigenvalue weighted by Gasteiger charge is -2.36. The Morgan fingerprint density at radius 3 is 2.52 bits per heavy atom. The number of hydrogen-bond acceptors (Lipinski definition) is 5. The molecule has 0 unspecified atom stereocenters. The third-order valence-corrected chi connectivity index (χ3v) is 6.78. The standard InChI is InChI=1S/C17H24FN3O3S/c1-17(6-11-25(23,24)13-17)19-16(22)12-20-7-9-21(10-8-20)15-5-3-2-4-14(15)18/h2-5H,6-13H2,1H3,(H,19,22)/t17-/m1/s1. The zero-order valence-corrected chi connectivity index (χ0v) is 15.2. The molecule has 6 nitrogen and oxygen atoms in total. The Balaban J connectivity index is 1.49. The number of carbonyl (C=O) groups is 1. The van der Waals surface area contributed by atoms with Crippen LogP contribution in [0.2, 0.25) is 0 Å². The number of para-hydroxylation sites is 1. The predicted octanol–water partition coefficient (Wildman–Crippen LogP) is 0.641. The molecule has 1 atom stereocenters. The minimum absolute atomic E-state index is 0.00675. The zero-order valence-electron chi connectivity index (χ0n) is 14.4. The molecule has 1 amide bonds. The fourth-order valence-electron chi connectivity index (χ4n) is 3.54. The maximum Gasteiger partial charge on any atom is 0.234 e. The number of nitrogens with zero attached hydrogens (tertiary/aromatic N) is 2. The van der Waals surface area contributed by atoms with E-state index in [4.69, 9.17) is 0 Å². The van der Waals surface area contributed by atoms with Gasteiger partial charge in [0, 0.05) is 26.2 Å². The van der Waals surface area contributed by atoms with Crippen molar-refractivity contribution in [1.82, 2.24) is 10.2 Å². The van der Waals surface area contributed by atoms with Crippen molar-refractivity contribution in [2.24, 2.45) is 0 Å². The van der Waals surface area contributed by atoms with E-state index in [9.17, 15) is 17.6 Å². The van der Waals surface area contributed by atoms with Gasteiger partial charge in [-0.15, -0.1) is 0 Å². The van der Waals surface area contributed by atoms with Crippen LogP contribution in [0.15, 0.2) is 24.3 Å². The lowest BCUT2D eigenvalue weighted by Crippen LogP contribution is -2.53. The summed E-state index contributed by atoms with van der Waals surface area (Å²) in [7, 11) is -3.05. The SMILES string of the molecule is C[C@@]1(NC(=O)CN2CCN(c3ccccc3F)CC2)CCS(=O)(=O)C1. The van der Waals surface area contributed by atoms with Crippen LogP contribution in [-0.2, 0) is 14.6 Å². The molecule has 3 rings (SSSR count). The van der Waals surface area contributed by atoms with Gasteiger partial charge < -0.3 is 10.2 Å². The van der Waals surface area contributed by atoms with Crippen LogP contribution in [0.1, 0.15) is 13.3 Å². The number of anilines is 1. The molecule has 25 heavy (non-hydrogen) atoms. The number of carbonyl (C=O) groups excluding carboxylic acids is 1. The Bertz CT molecular complexity index is 747. The second-order valence-corrected chi connectivity index (χ2v) is 9.35. The number of nitrogens with one attached hydrogen (secondary N) is 1. The fraction of sp³-hybridized carbons (Fsp3) is 0.588. The van der Waals surface area contributed by atoms with Gasteiger partial charge in [-0.2, -0.15) is 0 Å². The molecule has 2 saturated heterocycles. The topological polar surface area (TPSA) is 69.7 Å². The highest BCUT2D eigenvalue weighted by atomic mass is 32.2. The maximum atomic E-state index is 13.8. The number of halogens is 1. The van der Waals surface area contributed by atoms with Crippen molar-refractivity contribution in [3.63, 3.8) is 0 Å². The maximum absolute atomic E-state index is 13.8. The highest BCUT2D eigenvalue weighted by Crippen LogP contribution is 2.23. The number of benzene rings is 1. The van der Waals surface area contributed by atoms with Gasteiger partial charge >= 0.3 is 0 Å². The molecule has 0 aromatic heterocycles. The summed E-state index contributed by atoms with van der Waals surface area (Å²) in [6.07, 6.45) is 0.460. The van der Waals surface area contributed by atoms with Crippen molar-refractivity contribution >= 4 is 21.4 Å². The number of sulfone groups is 1. The Morgan fingerprint density at radius 2 is 1.92 bits per heavy atom. The molecule has 0 saturated carbocycles. The summed E-state index contributed by atoms with van der Waals surface area (Å²) in [4.78, 5) is 16.3. The fourth-order valence-corrected chi connectivity index (χ4v) is 5.64. The van der Waals surface area contributed by atoms with Gasteiger partial charge in [-0.05, 0) is 25.5 Å². The third kappa shape index (κ3) is 4.49. The van der Waals surface area contributed by atoms with E-state index in [0.29, 0.717) is 38.3 Å². The van der Waals surface area contributed by atoms with Crippen molar-refractivity contribution in [2.45, 2.75) is 18.9 Å². The van der Waals surface area contributed by atoms with E-state index < -0.39 is 15.4 Å². The highest BCUT2D eigenvalue weighted by molar-refractivity contribution is 7.91. The van der Waals surface area contributed by atoms with E-state index in [1.807, 2.05) is 15.9 Å². The number of piperazine rings is 1. The van der Waals surface area contributed by atoms with Crippen molar-refractivity contribution in [1.29, 1.82) is 0 Å². The van der Waals surface area contributed by atoms with Gasteiger partial charge in [-0.25, -0.2) is 12.8 Å². The van der Waals surface area contributed by atoms with Crippen molar-refractivity contribution < 1.29 is 17.6 Å². The third-order valence-electron chi connectivity index (χ3n) is 4.88. The number of rotatable bonds is 4. The van der Waals surface area contributed by atoms with Crippen LogP contribution in [0.5, 0.6) is 0 Å². The van der Waals surface area contributed by atoms with E-state index >= 15 is 0 Å². The molecule has 0 radical (unpaired) electrons. The molecule has 1 aromatic rings. The van der Waals surface area contributed by atoms with Crippen LogP contribution in [0, 0.1) is 5.82 Å². The predicted molar refractivity (Wildman–Crippen MR) is 94.9 cm³/mol. The first-order valence-corrected chi connectivity index (χ1v) is 10.3. The van der Waals surface area contributed by atoms with E-state index in [1.54, 1.807) is 19.1 Å². The molecule has 1 aromatic carbocycles. The summed E-state index contributed by atoms with van der Waals surface area (Å²) in [5.41, 5.74) is -0.0690. The first kappa shape index (κ1) is 18.1. The Hall–Kier alpha value is -1.67. The molecule has 0 spiro atoms. The number of amides is 1. The van der Waals surface area contributed by atoms with Gasteiger partial charge in [0.2, 0.25) is 5.91 Å². The second-order valence-electron chi connectivity index (χ2n) is 7.17. The lowest BCUT2D eigenvalue weighted by molar-refractivity contribution is -0.123. The first-order valence-electron chi connectivity index (χ1n) is 8.50. The summed E-state index contributed by atoms with van der Waals surface area (Å²) in [5, 5.41) is 2.88. The Labute approximate surface area is 147 Å². The van der Waals surface area contributed by atoms with Gasteiger partial charge in [0.25, 0.3) is 0 Å². The van der Waals surface area contributed by atoms with Gasteiger partial charge in [0.1, 0.15) is 5.82 Å². The molecule has 1 N–H and O–H groups in total. The minimum atomic E-state index is -3.05. The van der Waals surface area contributed by atoms with Crippen LogP contribution in [0.4, 0.5) is 10.1 Å². The van der Waals surface area contributed by atoms with Gasteiger partial charge in [0.05, 0.1) is 29.3 Å². The van der Waals surface area contributed by atoms with Crippen LogP contribution in [-0.4, -0.2) is 69.0 Å². The van der Waals surface area contributed by atoms with E-state index in [0.717, 1.165) is 0 Å². The summed E-state index contributed by atoms with van der Waals surface area (Å²) in [6.45, 7) is 4.65. The van der Waals surface area contributed by atoms with Crippen molar-refractivity contribution in [3.8, 4) is 0 Å². The van der Waals surface area contributed by atoms with E-state index in [2.05, 4.69) is 5.32 Å². The first-order chi connectivity index (χ1) is 11.8. The van der Waals surface area contributed by atoms with Crippen LogP contribution >= 0.6 is 0 Å². The Morgan fingerprint density at radius 1 is 1.24 bits per heavy atom. The quantitative estimate of drug-likeness (QED) is 0.844. The van der Waals surface area contributed by atoms with Crippen LogP contribution in [0.3, 0.4) is 0 Å². The smallest absolute Gasteiger partial charge is 0.234 e. The minimum Gasteiger partial charge on any atom is -0.367 e. The summed E-state index contributed by atoms with van der Waals surface area (Å²) < 4.78 is 37.1. The monoisotopic (exact) mass is 369 g/mol. The lowest BCUT2D eigenvalue weighted by atomic mass is 10.0. The average molecular weight is 369 g/mol. The molecule has 0 bridgehead atoms. The van der Waals surface area contributed by atoms with Gasteiger partial charge in [-0.1, -0.05) is 12.1 Å². The van der Waals surface area contributed by atoms with Gasteiger partial charge in [-0.3, -0.25) is 9.69 Å². The average Bonchev–Trinajstić information content (AvgIpc) is 2.81. The molecular weight excluding hydrogens is 345 g/mol. The molecular formula is C17H24FN3O3S. The molecule has 8 heteroatoms. The normalized spacial score (nSPS) is 26.6. The number of hydrogen-bond donors (Lipinski definition) is 1. The largest absolute Gasteiger partial charge is 0.367 e. The molecule has 2 aliphatic rings. The Kier molecular flexibility index (Phi) is 5.02.